The van der Waals surface area contributed by atoms with Gasteiger partial charge in [0.2, 0.25) is 0 Å². The first-order chi connectivity index (χ1) is 16.7. The van der Waals surface area contributed by atoms with Crippen molar-refractivity contribution in [1.29, 1.82) is 0 Å². The summed E-state index contributed by atoms with van der Waals surface area (Å²) in [5.41, 5.74) is 0.241. The Morgan fingerprint density at radius 2 is 1.77 bits per heavy atom. The number of hydrogen-bond donors (Lipinski definition) is 1. The molecule has 152 valence electrons. The van der Waals surface area contributed by atoms with Crippen LogP contribution in [0.2, 0.25) is 0 Å². The van der Waals surface area contributed by atoms with Gasteiger partial charge in [-0.15, -0.1) is 0 Å². The van der Waals surface area contributed by atoms with Crippen molar-refractivity contribution in [2.45, 2.75) is 25.8 Å². The SMILES string of the molecule is [2H]c1c([2H])c([2H])c2c(c1[2H])c(C(=O)c1ccc(OC)c3ccccc13)c([2H])n2CCCCC(=O)O. The van der Waals surface area contributed by atoms with Gasteiger partial charge in [0.15, 0.2) is 5.78 Å². The van der Waals surface area contributed by atoms with Crippen molar-refractivity contribution >= 4 is 33.4 Å². The number of benzene rings is 3. The molecular weight excluding hydrogens is 378 g/mol. The number of nitrogens with zero attached hydrogens (tertiary/aromatic N) is 1. The molecule has 0 aliphatic carbocycles. The molecule has 0 atom stereocenters. The fourth-order valence-electron chi connectivity index (χ4n) is 3.60. The Balaban J connectivity index is 1.96. The van der Waals surface area contributed by atoms with Gasteiger partial charge in [0.05, 0.1) is 14.0 Å². The van der Waals surface area contributed by atoms with E-state index in [9.17, 15) is 9.59 Å². The molecule has 4 aromatic rings. The van der Waals surface area contributed by atoms with Crippen molar-refractivity contribution < 1.29 is 26.3 Å². The predicted octanol–water partition coefficient (Wildman–Crippen LogP) is 5.29. The lowest BCUT2D eigenvalue weighted by molar-refractivity contribution is -0.137. The number of carboxylic acid groups (broad SMARTS) is 1. The highest BCUT2D eigenvalue weighted by Crippen LogP contribution is 2.31. The molecule has 0 spiro atoms. The van der Waals surface area contributed by atoms with Crippen molar-refractivity contribution in [3.05, 3.63) is 77.9 Å². The van der Waals surface area contributed by atoms with Crippen molar-refractivity contribution in [2.24, 2.45) is 0 Å². The van der Waals surface area contributed by atoms with Gasteiger partial charge < -0.3 is 14.4 Å². The second-order valence-corrected chi connectivity index (χ2v) is 6.90. The van der Waals surface area contributed by atoms with Gasteiger partial charge in [0, 0.05) is 46.6 Å². The number of aromatic nitrogens is 1. The minimum atomic E-state index is -0.947. The van der Waals surface area contributed by atoms with Gasteiger partial charge in [0.1, 0.15) is 5.75 Å². The van der Waals surface area contributed by atoms with Crippen molar-refractivity contribution in [3.63, 3.8) is 0 Å². The summed E-state index contributed by atoms with van der Waals surface area (Å²) in [5.74, 6) is -0.906. The Morgan fingerprint density at radius 1 is 1.00 bits per heavy atom. The molecule has 30 heavy (non-hydrogen) atoms. The van der Waals surface area contributed by atoms with Crippen LogP contribution in [0.4, 0.5) is 0 Å². The van der Waals surface area contributed by atoms with Gasteiger partial charge >= 0.3 is 5.97 Å². The summed E-state index contributed by atoms with van der Waals surface area (Å²) in [5, 5.41) is 10.2. The zero-order chi connectivity index (χ0) is 25.4. The van der Waals surface area contributed by atoms with E-state index in [-0.39, 0.29) is 53.3 Å². The zero-order valence-corrected chi connectivity index (χ0v) is 16.4. The predicted molar refractivity (Wildman–Crippen MR) is 117 cm³/mol. The van der Waals surface area contributed by atoms with Crippen LogP contribution in [-0.4, -0.2) is 28.5 Å². The third-order valence-electron chi connectivity index (χ3n) is 5.03. The first kappa shape index (κ1) is 14.4. The van der Waals surface area contributed by atoms with Gasteiger partial charge in [-0.25, -0.2) is 0 Å². The number of aliphatic carboxylic acids is 1. The molecule has 0 fully saturated rings. The Hall–Kier alpha value is -3.60. The van der Waals surface area contributed by atoms with Gasteiger partial charge in [-0.05, 0) is 36.4 Å². The summed E-state index contributed by atoms with van der Waals surface area (Å²) >= 11 is 0. The van der Waals surface area contributed by atoms with Crippen molar-refractivity contribution in [2.75, 3.05) is 7.11 Å². The van der Waals surface area contributed by atoms with E-state index in [2.05, 4.69) is 0 Å². The molecule has 1 N–H and O–H groups in total. The van der Waals surface area contributed by atoms with Gasteiger partial charge in [0.25, 0.3) is 0 Å². The van der Waals surface area contributed by atoms with Crippen molar-refractivity contribution in [1.82, 2.24) is 4.57 Å². The normalized spacial score (nSPS) is 13.4. The van der Waals surface area contributed by atoms with E-state index in [1.165, 1.54) is 11.7 Å². The van der Waals surface area contributed by atoms with Gasteiger partial charge in [-0.1, -0.05) is 42.4 Å². The smallest absolute Gasteiger partial charge is 0.303 e. The van der Waals surface area contributed by atoms with Crippen LogP contribution in [-0.2, 0) is 11.3 Å². The maximum Gasteiger partial charge on any atom is 0.303 e. The third-order valence-corrected chi connectivity index (χ3v) is 5.03. The molecule has 1 heterocycles. The lowest BCUT2D eigenvalue weighted by atomic mass is 9.96. The van der Waals surface area contributed by atoms with E-state index in [4.69, 9.17) is 16.7 Å². The molecule has 0 aliphatic rings. The Bertz CT molecular complexity index is 1500. The van der Waals surface area contributed by atoms with E-state index in [1.54, 1.807) is 24.3 Å². The van der Waals surface area contributed by atoms with Crippen LogP contribution in [0.3, 0.4) is 0 Å². The van der Waals surface area contributed by atoms with Crippen LogP contribution in [0, 0.1) is 0 Å². The molecule has 0 aliphatic heterocycles. The average Bonchev–Trinajstić information content (AvgIpc) is 3.14. The number of aryl methyl sites for hydroxylation is 1. The lowest BCUT2D eigenvalue weighted by Gasteiger charge is -2.09. The summed E-state index contributed by atoms with van der Waals surface area (Å²) < 4.78 is 48.7. The molecule has 0 unspecified atom stereocenters. The number of carboxylic acids is 1. The number of unbranched alkanes of at least 4 members (excludes halogenated alkanes) is 1. The van der Waals surface area contributed by atoms with Gasteiger partial charge in [-0.2, -0.15) is 0 Å². The summed E-state index contributed by atoms with van der Waals surface area (Å²) in [6.07, 6.45) is 0.400. The molecule has 0 bridgehead atoms. The zero-order valence-electron chi connectivity index (χ0n) is 21.4. The summed E-state index contributed by atoms with van der Waals surface area (Å²) in [6, 6.07) is 8.72. The van der Waals surface area contributed by atoms with E-state index in [0.717, 1.165) is 0 Å². The van der Waals surface area contributed by atoms with E-state index < -0.39 is 23.8 Å². The molecular formula is C25H23NO4. The lowest BCUT2D eigenvalue weighted by Crippen LogP contribution is -2.03. The topological polar surface area (TPSA) is 68.5 Å². The number of carbonyl (C=O) groups excluding carboxylic acids is 1. The molecule has 1 aromatic heterocycles. The monoisotopic (exact) mass is 406 g/mol. The second kappa shape index (κ2) is 8.41. The van der Waals surface area contributed by atoms with Crippen LogP contribution in [0.15, 0.2) is 66.7 Å². The third kappa shape index (κ3) is 3.66. The largest absolute Gasteiger partial charge is 0.496 e. The number of fused-ring (bicyclic) bond motifs is 2. The number of para-hydroxylation sites is 1. The minimum Gasteiger partial charge on any atom is -0.496 e. The first-order valence-electron chi connectivity index (χ1n) is 12.1. The molecule has 0 amide bonds. The van der Waals surface area contributed by atoms with Crippen LogP contribution in [0.25, 0.3) is 21.7 Å². The van der Waals surface area contributed by atoms with Crippen molar-refractivity contribution in [3.8, 4) is 5.75 Å². The van der Waals surface area contributed by atoms with Crippen LogP contribution < -0.4 is 4.74 Å². The maximum atomic E-state index is 13.9. The highest BCUT2D eigenvalue weighted by Gasteiger charge is 2.19. The Kier molecular flexibility index (Phi) is 4.04. The molecule has 0 saturated carbocycles. The fourth-order valence-corrected chi connectivity index (χ4v) is 3.60. The van der Waals surface area contributed by atoms with E-state index in [1.807, 2.05) is 12.1 Å². The Labute approximate surface area is 181 Å². The highest BCUT2D eigenvalue weighted by molar-refractivity contribution is 6.21. The number of ketones is 1. The number of rotatable bonds is 8. The Morgan fingerprint density at radius 3 is 2.53 bits per heavy atom. The standard InChI is InChI=1S/C25H23NO4/c1-30-23-14-13-20(17-8-2-3-10-19(17)23)25(29)21-16-26(15-7-6-12-24(27)28)22-11-5-4-9-18(21)22/h2-5,8-11,13-14,16H,6-7,12,15H2,1H3,(H,27,28)/i4D,5D,9D,11D,16D. The molecule has 0 saturated heterocycles. The number of hydrogen-bond acceptors (Lipinski definition) is 3. The van der Waals surface area contributed by atoms with Gasteiger partial charge in [-0.3, -0.25) is 9.59 Å². The van der Waals surface area contributed by atoms with Crippen LogP contribution in [0.5, 0.6) is 5.75 Å². The highest BCUT2D eigenvalue weighted by atomic mass is 16.5. The molecule has 5 nitrogen and oxygen atoms in total. The quantitative estimate of drug-likeness (QED) is 0.319. The number of carbonyl (C=O) groups is 2. The summed E-state index contributed by atoms with van der Waals surface area (Å²) in [6.45, 7) is 0.140. The second-order valence-electron chi connectivity index (χ2n) is 6.90. The average molecular weight is 406 g/mol. The fraction of sp³-hybridized carbons (Fsp3) is 0.200. The van der Waals surface area contributed by atoms with Crippen LogP contribution in [0.1, 0.15) is 42.0 Å². The molecule has 0 radical (unpaired) electrons. The number of ether oxygens (including phenoxy) is 1. The molecule has 3 aromatic carbocycles. The summed E-state index contributed by atoms with van der Waals surface area (Å²) in [7, 11) is 1.53. The molecule has 4 rings (SSSR count). The first-order valence-corrected chi connectivity index (χ1v) is 9.60. The maximum absolute atomic E-state index is 13.9. The number of methoxy groups -OCH3 is 1. The summed E-state index contributed by atoms with van der Waals surface area (Å²) in [4.78, 5) is 24.8. The van der Waals surface area contributed by atoms with E-state index >= 15 is 0 Å². The minimum absolute atomic E-state index is 0.0101. The van der Waals surface area contributed by atoms with Crippen LogP contribution >= 0.6 is 0 Å². The molecule has 5 heteroatoms. The van der Waals surface area contributed by atoms with E-state index in [0.29, 0.717) is 29.4 Å².